The van der Waals surface area contributed by atoms with Crippen LogP contribution in [0.1, 0.15) is 31.9 Å². The maximum atomic E-state index is 8.86. The van der Waals surface area contributed by atoms with Gasteiger partial charge in [0.1, 0.15) is 0 Å². The highest BCUT2D eigenvalue weighted by atomic mass is 16.3. The van der Waals surface area contributed by atoms with E-state index in [0.29, 0.717) is 5.56 Å². The van der Waals surface area contributed by atoms with Crippen molar-refractivity contribution in [3.63, 3.8) is 0 Å². The average Bonchev–Trinajstić information content (AvgIpc) is 2.61. The van der Waals surface area contributed by atoms with Crippen LogP contribution in [0.4, 0.5) is 0 Å². The molecule has 0 aliphatic carbocycles. The molecule has 0 spiro atoms. The molecule has 0 radical (unpaired) electrons. The van der Waals surface area contributed by atoms with E-state index < -0.39 is 0 Å². The minimum atomic E-state index is 0.155. The lowest BCUT2D eigenvalue weighted by atomic mass is 9.86. The van der Waals surface area contributed by atoms with E-state index in [1.54, 1.807) is 18.4 Å². The summed E-state index contributed by atoms with van der Waals surface area (Å²) in [6.45, 7) is 6.64. The summed E-state index contributed by atoms with van der Waals surface area (Å²) in [6.07, 6.45) is 1.78. The van der Waals surface area contributed by atoms with Crippen LogP contribution in [0.15, 0.2) is 71.3 Å². The van der Waals surface area contributed by atoms with Crippen LogP contribution in [0.3, 0.4) is 0 Å². The normalized spacial score (nSPS) is 11.1. The molecule has 3 aromatic rings. The Morgan fingerprint density at radius 1 is 0.750 bits per heavy atom. The highest BCUT2D eigenvalue weighted by molar-refractivity contribution is 5.66. The molecule has 2 aromatic carbocycles. The molecule has 2 nitrogen and oxygen atoms in total. The molecule has 0 unspecified atom stereocenters. The molecule has 0 N–H and O–H groups in total. The van der Waals surface area contributed by atoms with Gasteiger partial charge in [0, 0.05) is 6.07 Å². The van der Waals surface area contributed by atoms with Gasteiger partial charge in [-0.05, 0) is 46.9 Å². The fourth-order valence-electron chi connectivity index (χ4n) is 2.57. The first-order valence-electron chi connectivity index (χ1n) is 8.01. The second-order valence-corrected chi connectivity index (χ2v) is 6.91. The van der Waals surface area contributed by atoms with E-state index in [-0.39, 0.29) is 5.41 Å². The van der Waals surface area contributed by atoms with Crippen LogP contribution in [0, 0.1) is 11.3 Å². The smallest absolute Gasteiger partial charge is 0.215 e. The third-order valence-electron chi connectivity index (χ3n) is 4.11. The van der Waals surface area contributed by atoms with Crippen molar-refractivity contribution in [3.8, 4) is 28.5 Å². The van der Waals surface area contributed by atoms with E-state index in [4.69, 9.17) is 9.68 Å². The summed E-state index contributed by atoms with van der Waals surface area (Å²) in [5, 5.41) is 8.86. The fourth-order valence-corrected chi connectivity index (χ4v) is 2.57. The number of rotatable bonds is 2. The zero-order valence-corrected chi connectivity index (χ0v) is 14.2. The molecule has 0 bridgehead atoms. The van der Waals surface area contributed by atoms with Gasteiger partial charge in [-0.2, -0.15) is 5.26 Å². The molecule has 118 valence electrons. The molecule has 1 aromatic heterocycles. The summed E-state index contributed by atoms with van der Waals surface area (Å²) in [5.41, 5.74) is 5.27. The molecule has 0 aliphatic rings. The highest BCUT2D eigenvalue weighted by Crippen LogP contribution is 2.28. The van der Waals surface area contributed by atoms with E-state index >= 15 is 0 Å². The van der Waals surface area contributed by atoms with Crippen LogP contribution in [0.2, 0.25) is 0 Å². The first kappa shape index (κ1) is 16.0. The van der Waals surface area contributed by atoms with Crippen LogP contribution in [0.5, 0.6) is 0 Å². The zero-order valence-electron chi connectivity index (χ0n) is 14.2. The Bertz CT molecular complexity index is 862. The molecular weight excluding hydrogens is 294 g/mol. The molecule has 2 heteroatoms. The van der Waals surface area contributed by atoms with Crippen LogP contribution in [-0.4, -0.2) is 0 Å². The van der Waals surface area contributed by atoms with E-state index in [1.165, 1.54) is 5.56 Å². The third-order valence-corrected chi connectivity index (χ3v) is 4.11. The summed E-state index contributed by atoms with van der Waals surface area (Å²) in [6, 6.07) is 22.1. The number of hydrogen-bond acceptors (Lipinski definition) is 1. The molecule has 0 fully saturated rings. The van der Waals surface area contributed by atoms with Gasteiger partial charge in [0.2, 0.25) is 0 Å². The SMILES string of the molecule is CC(C)(C)c1ccc(-c2ccc(-c3ccc(C#N)cc3)[o+]c2)cc1. The molecule has 0 amide bonds. The van der Waals surface area contributed by atoms with Gasteiger partial charge >= 0.3 is 12.0 Å². The molecule has 3 rings (SSSR count). The van der Waals surface area contributed by atoms with E-state index in [9.17, 15) is 0 Å². The molecule has 0 saturated heterocycles. The topological polar surface area (TPSA) is 35.1 Å². The summed E-state index contributed by atoms with van der Waals surface area (Å²) < 4.78 is 5.79. The van der Waals surface area contributed by atoms with Gasteiger partial charge in [-0.1, -0.05) is 45.0 Å². The minimum absolute atomic E-state index is 0.155. The molecule has 24 heavy (non-hydrogen) atoms. The van der Waals surface area contributed by atoms with Gasteiger partial charge in [0.05, 0.1) is 22.8 Å². The molecule has 0 saturated carbocycles. The van der Waals surface area contributed by atoms with Crippen molar-refractivity contribution in [3.05, 3.63) is 78.1 Å². The van der Waals surface area contributed by atoms with Crippen molar-refractivity contribution in [2.45, 2.75) is 26.2 Å². The monoisotopic (exact) mass is 314 g/mol. The van der Waals surface area contributed by atoms with Gasteiger partial charge in [0.25, 0.3) is 0 Å². The average molecular weight is 314 g/mol. The van der Waals surface area contributed by atoms with Crippen LogP contribution in [0.25, 0.3) is 22.5 Å². The van der Waals surface area contributed by atoms with Crippen LogP contribution < -0.4 is 0 Å². The first-order valence-corrected chi connectivity index (χ1v) is 8.01. The third kappa shape index (κ3) is 3.36. The molecule has 0 atom stereocenters. The zero-order chi connectivity index (χ0) is 17.2. The standard InChI is InChI=1S/C22H20NO/c1-22(2,3)20-11-8-17(9-12-20)19-10-13-21(24-15-19)18-6-4-16(14-23)5-7-18/h4-13,15H,1-3H3/q+1. The van der Waals surface area contributed by atoms with Crippen molar-refractivity contribution in [2.24, 2.45) is 0 Å². The number of nitrogens with zero attached hydrogens (tertiary/aromatic N) is 1. The minimum Gasteiger partial charge on any atom is -0.215 e. The van der Waals surface area contributed by atoms with Gasteiger partial charge < -0.3 is 0 Å². The van der Waals surface area contributed by atoms with Gasteiger partial charge in [-0.25, -0.2) is 4.42 Å². The molecular formula is C22H20NO+. The van der Waals surface area contributed by atoms with E-state index in [1.807, 2.05) is 18.2 Å². The molecule has 0 aliphatic heterocycles. The second kappa shape index (κ2) is 6.29. The largest absolute Gasteiger partial charge is 0.359 e. The fraction of sp³-hybridized carbons (Fsp3) is 0.182. The lowest BCUT2D eigenvalue weighted by Gasteiger charge is -2.18. The summed E-state index contributed by atoms with van der Waals surface area (Å²) in [5.74, 6) is 0.787. The Morgan fingerprint density at radius 2 is 1.33 bits per heavy atom. The van der Waals surface area contributed by atoms with E-state index in [2.05, 4.69) is 57.2 Å². The van der Waals surface area contributed by atoms with Gasteiger partial charge in [0.15, 0.2) is 0 Å². The maximum absolute atomic E-state index is 8.86. The van der Waals surface area contributed by atoms with Crippen molar-refractivity contribution in [1.29, 1.82) is 5.26 Å². The van der Waals surface area contributed by atoms with E-state index in [0.717, 1.165) is 22.5 Å². The Hall–Kier alpha value is -2.92. The lowest BCUT2D eigenvalue weighted by molar-refractivity contribution is 0.568. The Balaban J connectivity index is 1.85. The van der Waals surface area contributed by atoms with Crippen molar-refractivity contribution in [1.82, 2.24) is 0 Å². The summed E-state index contributed by atoms with van der Waals surface area (Å²) >= 11 is 0. The lowest BCUT2D eigenvalue weighted by Crippen LogP contribution is -2.10. The van der Waals surface area contributed by atoms with Crippen LogP contribution >= 0.6 is 0 Å². The Labute approximate surface area is 143 Å². The Kier molecular flexibility index (Phi) is 4.18. The Morgan fingerprint density at radius 3 is 1.83 bits per heavy atom. The predicted molar refractivity (Wildman–Crippen MR) is 97.4 cm³/mol. The number of benzene rings is 2. The van der Waals surface area contributed by atoms with Crippen molar-refractivity contribution < 1.29 is 4.42 Å². The number of nitriles is 1. The molecule has 1 heterocycles. The van der Waals surface area contributed by atoms with Crippen LogP contribution in [-0.2, 0) is 5.41 Å². The quantitative estimate of drug-likeness (QED) is 0.538. The van der Waals surface area contributed by atoms with Crippen molar-refractivity contribution >= 4 is 0 Å². The maximum Gasteiger partial charge on any atom is 0.359 e. The number of hydrogen-bond donors (Lipinski definition) is 0. The summed E-state index contributed by atoms with van der Waals surface area (Å²) in [7, 11) is 0. The highest BCUT2D eigenvalue weighted by Gasteiger charge is 2.15. The summed E-state index contributed by atoms with van der Waals surface area (Å²) in [4.78, 5) is 0. The van der Waals surface area contributed by atoms with Gasteiger partial charge in [-0.3, -0.25) is 0 Å². The van der Waals surface area contributed by atoms with Gasteiger partial charge in [-0.15, -0.1) is 0 Å². The second-order valence-electron chi connectivity index (χ2n) is 6.91. The predicted octanol–water partition coefficient (Wildman–Crippen LogP) is 6.06. The van der Waals surface area contributed by atoms with Crippen molar-refractivity contribution in [2.75, 3.05) is 0 Å². The first-order chi connectivity index (χ1) is 11.5.